The minimum atomic E-state index is -0.252. The summed E-state index contributed by atoms with van der Waals surface area (Å²) < 4.78 is 5.81. The number of aromatic amines is 1. The van der Waals surface area contributed by atoms with E-state index in [-0.39, 0.29) is 12.0 Å². The fourth-order valence-corrected chi connectivity index (χ4v) is 2.63. The SMILES string of the molecule is N#Cc1c[nH]c(C(=O)NCc2ccc(OC3CCCC3)nc2)c1. The smallest absolute Gasteiger partial charge is 0.268 e. The van der Waals surface area contributed by atoms with Crippen molar-refractivity contribution in [3.8, 4) is 11.9 Å². The molecule has 1 fully saturated rings. The number of nitriles is 1. The summed E-state index contributed by atoms with van der Waals surface area (Å²) in [6, 6.07) is 7.23. The van der Waals surface area contributed by atoms with Crippen LogP contribution in [-0.2, 0) is 6.54 Å². The van der Waals surface area contributed by atoms with Crippen molar-refractivity contribution < 1.29 is 9.53 Å². The Kier molecular flexibility index (Phi) is 4.57. The molecule has 2 aromatic heterocycles. The van der Waals surface area contributed by atoms with Crippen LogP contribution in [0.2, 0.25) is 0 Å². The van der Waals surface area contributed by atoms with Gasteiger partial charge in [0.25, 0.3) is 5.91 Å². The Morgan fingerprint density at radius 2 is 2.26 bits per heavy atom. The monoisotopic (exact) mass is 310 g/mol. The Hall–Kier alpha value is -2.81. The van der Waals surface area contributed by atoms with E-state index in [1.54, 1.807) is 6.20 Å². The van der Waals surface area contributed by atoms with Gasteiger partial charge in [-0.3, -0.25) is 4.79 Å². The second-order valence-corrected chi connectivity index (χ2v) is 5.63. The Labute approximate surface area is 134 Å². The second kappa shape index (κ2) is 6.97. The quantitative estimate of drug-likeness (QED) is 0.888. The molecule has 0 aromatic carbocycles. The van der Waals surface area contributed by atoms with Crippen LogP contribution in [0.25, 0.3) is 0 Å². The molecule has 23 heavy (non-hydrogen) atoms. The average Bonchev–Trinajstić information content (AvgIpc) is 3.25. The summed E-state index contributed by atoms with van der Waals surface area (Å²) in [5, 5.41) is 11.5. The molecule has 2 N–H and O–H groups in total. The molecule has 1 aliphatic rings. The molecule has 0 saturated heterocycles. The fourth-order valence-electron chi connectivity index (χ4n) is 2.63. The van der Waals surface area contributed by atoms with Crippen molar-refractivity contribution in [2.45, 2.75) is 38.3 Å². The highest BCUT2D eigenvalue weighted by molar-refractivity contribution is 5.92. The molecule has 0 spiro atoms. The van der Waals surface area contributed by atoms with Gasteiger partial charge >= 0.3 is 0 Å². The molecule has 118 valence electrons. The van der Waals surface area contributed by atoms with Crippen molar-refractivity contribution in [1.82, 2.24) is 15.3 Å². The number of rotatable bonds is 5. The van der Waals surface area contributed by atoms with Gasteiger partial charge in [0.2, 0.25) is 5.88 Å². The van der Waals surface area contributed by atoms with Gasteiger partial charge < -0.3 is 15.0 Å². The zero-order valence-corrected chi connectivity index (χ0v) is 12.7. The summed E-state index contributed by atoms with van der Waals surface area (Å²) >= 11 is 0. The highest BCUT2D eigenvalue weighted by Gasteiger charge is 2.16. The van der Waals surface area contributed by atoms with Crippen molar-refractivity contribution in [1.29, 1.82) is 5.26 Å². The predicted molar refractivity (Wildman–Crippen MR) is 83.8 cm³/mol. The lowest BCUT2D eigenvalue weighted by Crippen LogP contribution is -2.23. The van der Waals surface area contributed by atoms with Crippen LogP contribution in [0.4, 0.5) is 0 Å². The summed E-state index contributed by atoms with van der Waals surface area (Å²) in [6.07, 6.45) is 8.14. The van der Waals surface area contributed by atoms with Gasteiger partial charge in [0.15, 0.2) is 0 Å². The van der Waals surface area contributed by atoms with E-state index in [4.69, 9.17) is 10.00 Å². The highest BCUT2D eigenvalue weighted by Crippen LogP contribution is 2.22. The molecule has 1 saturated carbocycles. The van der Waals surface area contributed by atoms with Gasteiger partial charge in [0, 0.05) is 25.0 Å². The van der Waals surface area contributed by atoms with Crippen LogP contribution >= 0.6 is 0 Å². The normalized spacial score (nSPS) is 14.4. The van der Waals surface area contributed by atoms with Crippen LogP contribution in [0.3, 0.4) is 0 Å². The molecule has 0 aliphatic heterocycles. The first-order valence-corrected chi connectivity index (χ1v) is 7.73. The van der Waals surface area contributed by atoms with Crippen LogP contribution < -0.4 is 10.1 Å². The minimum Gasteiger partial charge on any atom is -0.474 e. The van der Waals surface area contributed by atoms with Crippen LogP contribution in [0.5, 0.6) is 5.88 Å². The predicted octanol–water partition coefficient (Wildman–Crippen LogP) is 2.53. The summed E-state index contributed by atoms with van der Waals surface area (Å²) in [6.45, 7) is 0.371. The maximum Gasteiger partial charge on any atom is 0.268 e. The number of nitrogens with one attached hydrogen (secondary N) is 2. The van der Waals surface area contributed by atoms with E-state index >= 15 is 0 Å². The van der Waals surface area contributed by atoms with E-state index in [1.165, 1.54) is 25.1 Å². The Bertz CT molecular complexity index is 709. The number of amides is 1. The standard InChI is InChI=1S/C17H18N4O2/c18-8-13-7-15(19-11-13)17(22)21-10-12-5-6-16(20-9-12)23-14-3-1-2-4-14/h5-7,9,11,14,19H,1-4,10H2,(H,21,22). The molecule has 1 amide bonds. The number of aromatic nitrogens is 2. The molecule has 6 nitrogen and oxygen atoms in total. The molecule has 1 aliphatic carbocycles. The minimum absolute atomic E-state index is 0.252. The number of ether oxygens (including phenoxy) is 1. The number of carbonyl (C=O) groups excluding carboxylic acids is 1. The van der Waals surface area contributed by atoms with Gasteiger partial charge in [-0.15, -0.1) is 0 Å². The van der Waals surface area contributed by atoms with Crippen LogP contribution in [0, 0.1) is 11.3 Å². The van der Waals surface area contributed by atoms with Gasteiger partial charge in [-0.1, -0.05) is 6.07 Å². The molecule has 2 aromatic rings. The van der Waals surface area contributed by atoms with E-state index in [2.05, 4.69) is 15.3 Å². The van der Waals surface area contributed by atoms with Crippen molar-refractivity contribution in [3.63, 3.8) is 0 Å². The van der Waals surface area contributed by atoms with Crippen molar-refractivity contribution in [2.75, 3.05) is 0 Å². The molecule has 3 rings (SSSR count). The maximum absolute atomic E-state index is 11.9. The van der Waals surface area contributed by atoms with Crippen molar-refractivity contribution in [2.24, 2.45) is 0 Å². The zero-order chi connectivity index (χ0) is 16.1. The number of hydrogen-bond donors (Lipinski definition) is 2. The lowest BCUT2D eigenvalue weighted by atomic mass is 10.2. The number of nitrogens with zero attached hydrogens (tertiary/aromatic N) is 2. The van der Waals surface area contributed by atoms with E-state index in [1.807, 2.05) is 18.2 Å². The number of carbonyl (C=O) groups is 1. The number of hydrogen-bond acceptors (Lipinski definition) is 4. The van der Waals surface area contributed by atoms with Crippen LogP contribution in [0.15, 0.2) is 30.6 Å². The highest BCUT2D eigenvalue weighted by atomic mass is 16.5. The van der Waals surface area contributed by atoms with E-state index in [9.17, 15) is 4.79 Å². The average molecular weight is 310 g/mol. The third-order valence-electron chi connectivity index (χ3n) is 3.90. The molecule has 0 radical (unpaired) electrons. The first-order valence-electron chi connectivity index (χ1n) is 7.73. The Balaban J connectivity index is 1.51. The summed E-state index contributed by atoms with van der Waals surface area (Å²) in [5.41, 5.74) is 1.70. The number of H-pyrrole nitrogens is 1. The van der Waals surface area contributed by atoms with Gasteiger partial charge in [0.05, 0.1) is 5.56 Å². The largest absolute Gasteiger partial charge is 0.474 e. The third-order valence-corrected chi connectivity index (χ3v) is 3.90. The first-order chi connectivity index (χ1) is 11.2. The van der Waals surface area contributed by atoms with Gasteiger partial charge in [-0.2, -0.15) is 5.26 Å². The lowest BCUT2D eigenvalue weighted by Gasteiger charge is -2.12. The lowest BCUT2D eigenvalue weighted by molar-refractivity contribution is 0.0946. The van der Waals surface area contributed by atoms with Crippen molar-refractivity contribution in [3.05, 3.63) is 47.4 Å². The van der Waals surface area contributed by atoms with Gasteiger partial charge in [-0.25, -0.2) is 4.98 Å². The molecule has 0 unspecified atom stereocenters. The fraction of sp³-hybridized carbons (Fsp3) is 0.353. The maximum atomic E-state index is 11.9. The van der Waals surface area contributed by atoms with Gasteiger partial charge in [0.1, 0.15) is 17.9 Å². The van der Waals surface area contributed by atoms with Crippen LogP contribution in [0.1, 0.15) is 47.3 Å². The van der Waals surface area contributed by atoms with E-state index in [0.717, 1.165) is 18.4 Å². The summed E-state index contributed by atoms with van der Waals surface area (Å²) in [5.74, 6) is 0.382. The molecule has 0 atom stereocenters. The Morgan fingerprint density at radius 3 is 2.91 bits per heavy atom. The van der Waals surface area contributed by atoms with E-state index < -0.39 is 0 Å². The molecular formula is C17H18N4O2. The van der Waals surface area contributed by atoms with Gasteiger partial charge in [-0.05, 0) is 37.3 Å². The van der Waals surface area contributed by atoms with Crippen molar-refractivity contribution >= 4 is 5.91 Å². The topological polar surface area (TPSA) is 90.8 Å². The Morgan fingerprint density at radius 1 is 1.43 bits per heavy atom. The third kappa shape index (κ3) is 3.89. The number of pyridine rings is 1. The molecule has 2 heterocycles. The second-order valence-electron chi connectivity index (χ2n) is 5.63. The zero-order valence-electron chi connectivity index (χ0n) is 12.7. The summed E-state index contributed by atoms with van der Waals surface area (Å²) in [7, 11) is 0. The molecular weight excluding hydrogens is 292 g/mol. The molecule has 0 bridgehead atoms. The van der Waals surface area contributed by atoms with Crippen LogP contribution in [-0.4, -0.2) is 22.0 Å². The first kappa shape index (κ1) is 15.1. The van der Waals surface area contributed by atoms with E-state index in [0.29, 0.717) is 23.7 Å². The summed E-state index contributed by atoms with van der Waals surface area (Å²) in [4.78, 5) is 19.0. The molecule has 6 heteroatoms.